The first-order valence-corrected chi connectivity index (χ1v) is 6.97. The second-order valence-corrected chi connectivity index (χ2v) is 4.79. The average Bonchev–Trinajstić information content (AvgIpc) is 2.85. The molecule has 1 atom stereocenters. The maximum absolute atomic E-state index is 5.18. The van der Waals surface area contributed by atoms with E-state index in [-0.39, 0.29) is 0 Å². The Labute approximate surface area is 114 Å². The highest BCUT2D eigenvalue weighted by atomic mass is 16.5. The molecule has 0 fully saturated rings. The molecule has 4 nitrogen and oxygen atoms in total. The van der Waals surface area contributed by atoms with Crippen LogP contribution in [-0.2, 0) is 11.3 Å². The van der Waals surface area contributed by atoms with Crippen LogP contribution in [0.5, 0.6) is 0 Å². The summed E-state index contributed by atoms with van der Waals surface area (Å²) in [7, 11) is 1.75. The number of imidazole rings is 1. The largest absolute Gasteiger partial charge is 0.383 e. The molecule has 0 aliphatic carbocycles. The van der Waals surface area contributed by atoms with Gasteiger partial charge in [0.15, 0.2) is 0 Å². The Balaban J connectivity index is 1.79. The van der Waals surface area contributed by atoms with E-state index in [0.29, 0.717) is 6.04 Å². The average molecular weight is 261 g/mol. The van der Waals surface area contributed by atoms with Gasteiger partial charge in [-0.3, -0.25) is 0 Å². The summed E-state index contributed by atoms with van der Waals surface area (Å²) >= 11 is 0. The molecule has 1 N–H and O–H groups in total. The van der Waals surface area contributed by atoms with Crippen molar-refractivity contribution in [3.63, 3.8) is 0 Å². The summed E-state index contributed by atoms with van der Waals surface area (Å²) in [5, 5.41) is 3.52. The summed E-state index contributed by atoms with van der Waals surface area (Å²) in [6.07, 6.45) is 4.12. The molecule has 0 spiro atoms. The second kappa shape index (κ2) is 7.26. The van der Waals surface area contributed by atoms with Crippen molar-refractivity contribution in [3.8, 4) is 0 Å². The highest BCUT2D eigenvalue weighted by Crippen LogP contribution is 2.11. The molecule has 19 heavy (non-hydrogen) atoms. The Bertz CT molecular complexity index is 495. The first-order valence-electron chi connectivity index (χ1n) is 6.97. The molecule has 0 bridgehead atoms. The van der Waals surface area contributed by atoms with E-state index in [4.69, 9.17) is 4.74 Å². The third-order valence-corrected chi connectivity index (χ3v) is 3.40. The molecule has 0 saturated heterocycles. The zero-order valence-corrected chi connectivity index (χ0v) is 11.8. The molecular formula is C15H23N3O. The van der Waals surface area contributed by atoms with Gasteiger partial charge in [0, 0.05) is 19.7 Å². The Hall–Kier alpha value is -1.39. The monoisotopic (exact) mass is 261 g/mol. The molecule has 104 valence electrons. The first kappa shape index (κ1) is 14.0. The third kappa shape index (κ3) is 3.78. The maximum Gasteiger partial charge on any atom is 0.0958 e. The summed E-state index contributed by atoms with van der Waals surface area (Å²) in [5.74, 6) is 0. The topological polar surface area (TPSA) is 39.1 Å². The van der Waals surface area contributed by atoms with E-state index in [2.05, 4.69) is 40.0 Å². The fourth-order valence-electron chi connectivity index (χ4n) is 2.27. The molecule has 1 heterocycles. The van der Waals surface area contributed by atoms with Crippen molar-refractivity contribution in [2.45, 2.75) is 32.4 Å². The maximum atomic E-state index is 5.18. The van der Waals surface area contributed by atoms with E-state index in [1.807, 2.05) is 12.4 Å². The summed E-state index contributed by atoms with van der Waals surface area (Å²) in [4.78, 5) is 4.40. The van der Waals surface area contributed by atoms with Gasteiger partial charge >= 0.3 is 0 Å². The van der Waals surface area contributed by atoms with Gasteiger partial charge < -0.3 is 14.6 Å². The highest BCUT2D eigenvalue weighted by Gasteiger charge is 2.04. The third-order valence-electron chi connectivity index (χ3n) is 3.40. The van der Waals surface area contributed by atoms with Gasteiger partial charge in [0.1, 0.15) is 0 Å². The highest BCUT2D eigenvalue weighted by molar-refractivity contribution is 5.74. The number of methoxy groups -OCH3 is 1. The van der Waals surface area contributed by atoms with Gasteiger partial charge in [0.05, 0.1) is 24.0 Å². The smallest absolute Gasteiger partial charge is 0.0958 e. The Morgan fingerprint density at radius 1 is 1.37 bits per heavy atom. The van der Waals surface area contributed by atoms with Crippen molar-refractivity contribution in [1.82, 2.24) is 14.9 Å². The molecular weight excluding hydrogens is 238 g/mol. The van der Waals surface area contributed by atoms with Crippen molar-refractivity contribution < 1.29 is 4.74 Å². The molecule has 1 unspecified atom stereocenters. The fourth-order valence-corrected chi connectivity index (χ4v) is 2.27. The Kier molecular flexibility index (Phi) is 5.36. The number of nitrogens with one attached hydrogen (secondary N) is 1. The van der Waals surface area contributed by atoms with Crippen molar-refractivity contribution >= 4 is 11.0 Å². The van der Waals surface area contributed by atoms with E-state index in [1.165, 1.54) is 5.52 Å². The van der Waals surface area contributed by atoms with Gasteiger partial charge in [-0.05, 0) is 31.5 Å². The van der Waals surface area contributed by atoms with Crippen molar-refractivity contribution in [1.29, 1.82) is 0 Å². The van der Waals surface area contributed by atoms with Crippen LogP contribution in [0, 0.1) is 0 Å². The molecule has 0 amide bonds. The standard InChI is InChI=1S/C15H23N3O/c1-3-13(11-19-2)16-9-6-10-18-12-17-14-7-4-5-8-15(14)18/h4-5,7-8,12-13,16H,3,6,9-11H2,1-2H3. The number of rotatable bonds is 8. The predicted molar refractivity (Wildman–Crippen MR) is 78.3 cm³/mol. The lowest BCUT2D eigenvalue weighted by molar-refractivity contribution is 0.164. The molecule has 4 heteroatoms. The normalized spacial score (nSPS) is 12.9. The second-order valence-electron chi connectivity index (χ2n) is 4.79. The van der Waals surface area contributed by atoms with Crippen LogP contribution >= 0.6 is 0 Å². The zero-order valence-electron chi connectivity index (χ0n) is 11.8. The van der Waals surface area contributed by atoms with E-state index < -0.39 is 0 Å². The first-order chi connectivity index (χ1) is 9.35. The Morgan fingerprint density at radius 2 is 2.21 bits per heavy atom. The number of nitrogens with zero attached hydrogens (tertiary/aromatic N) is 2. The molecule has 1 aromatic carbocycles. The summed E-state index contributed by atoms with van der Waals surface area (Å²) in [6.45, 7) is 4.97. The fraction of sp³-hybridized carbons (Fsp3) is 0.533. The van der Waals surface area contributed by atoms with Gasteiger partial charge in [-0.1, -0.05) is 19.1 Å². The molecule has 0 saturated carbocycles. The van der Waals surface area contributed by atoms with E-state index in [9.17, 15) is 0 Å². The summed E-state index contributed by atoms with van der Waals surface area (Å²) in [6, 6.07) is 8.72. The van der Waals surface area contributed by atoms with Crippen LogP contribution in [0.2, 0.25) is 0 Å². The van der Waals surface area contributed by atoms with Crippen molar-refractivity contribution in [2.24, 2.45) is 0 Å². The van der Waals surface area contributed by atoms with E-state index in [1.54, 1.807) is 7.11 Å². The number of hydrogen-bond donors (Lipinski definition) is 1. The zero-order chi connectivity index (χ0) is 13.5. The van der Waals surface area contributed by atoms with Gasteiger partial charge in [-0.2, -0.15) is 0 Å². The number of hydrogen-bond acceptors (Lipinski definition) is 3. The van der Waals surface area contributed by atoms with Gasteiger partial charge in [0.25, 0.3) is 0 Å². The minimum Gasteiger partial charge on any atom is -0.383 e. The van der Waals surface area contributed by atoms with Gasteiger partial charge in [0.2, 0.25) is 0 Å². The number of para-hydroxylation sites is 2. The SMILES string of the molecule is CCC(COC)NCCCn1cnc2ccccc21. The lowest BCUT2D eigenvalue weighted by atomic mass is 10.2. The van der Waals surface area contributed by atoms with Crippen LogP contribution in [0.3, 0.4) is 0 Å². The van der Waals surface area contributed by atoms with Crippen LogP contribution in [0.1, 0.15) is 19.8 Å². The number of fused-ring (bicyclic) bond motifs is 1. The lowest BCUT2D eigenvalue weighted by Crippen LogP contribution is -2.33. The van der Waals surface area contributed by atoms with Crippen LogP contribution in [-0.4, -0.2) is 35.9 Å². The van der Waals surface area contributed by atoms with Crippen LogP contribution in [0.15, 0.2) is 30.6 Å². The quantitative estimate of drug-likeness (QED) is 0.742. The molecule has 0 aliphatic heterocycles. The molecule has 1 aromatic heterocycles. The number of benzene rings is 1. The number of aryl methyl sites for hydroxylation is 1. The molecule has 0 aliphatic rings. The molecule has 2 rings (SSSR count). The molecule has 2 aromatic rings. The summed E-state index contributed by atoms with van der Waals surface area (Å²) < 4.78 is 7.39. The van der Waals surface area contributed by atoms with Gasteiger partial charge in [-0.15, -0.1) is 0 Å². The number of aromatic nitrogens is 2. The van der Waals surface area contributed by atoms with Gasteiger partial charge in [-0.25, -0.2) is 4.98 Å². The van der Waals surface area contributed by atoms with Crippen molar-refractivity contribution in [2.75, 3.05) is 20.3 Å². The van der Waals surface area contributed by atoms with Crippen LogP contribution < -0.4 is 5.32 Å². The predicted octanol–water partition coefficient (Wildman–Crippen LogP) is 2.44. The summed E-state index contributed by atoms with van der Waals surface area (Å²) in [5.41, 5.74) is 2.28. The minimum atomic E-state index is 0.463. The Morgan fingerprint density at radius 3 is 3.00 bits per heavy atom. The van der Waals surface area contributed by atoms with Crippen molar-refractivity contribution in [3.05, 3.63) is 30.6 Å². The van der Waals surface area contributed by atoms with E-state index >= 15 is 0 Å². The lowest BCUT2D eigenvalue weighted by Gasteiger charge is -2.15. The van der Waals surface area contributed by atoms with Crippen LogP contribution in [0.4, 0.5) is 0 Å². The number of ether oxygens (including phenoxy) is 1. The minimum absolute atomic E-state index is 0.463. The van der Waals surface area contributed by atoms with Crippen LogP contribution in [0.25, 0.3) is 11.0 Å². The van der Waals surface area contributed by atoms with E-state index in [0.717, 1.165) is 38.1 Å². The molecule has 0 radical (unpaired) electrons.